The minimum Gasteiger partial charge on any atom is -0.496 e. The van der Waals surface area contributed by atoms with Crippen molar-refractivity contribution in [2.45, 2.75) is 32.6 Å². The number of nitrogens with zero attached hydrogens (tertiary/aromatic N) is 1. The van der Waals surface area contributed by atoms with Gasteiger partial charge in [0.05, 0.1) is 7.11 Å². The zero-order valence-corrected chi connectivity index (χ0v) is 11.9. The van der Waals surface area contributed by atoms with E-state index in [0.717, 1.165) is 49.6 Å². The second kappa shape index (κ2) is 6.60. The summed E-state index contributed by atoms with van der Waals surface area (Å²) in [7, 11) is 1.67. The van der Waals surface area contributed by atoms with Crippen LogP contribution < -0.4 is 4.74 Å². The van der Waals surface area contributed by atoms with Crippen LogP contribution in [0.3, 0.4) is 0 Å². The molecule has 104 valence electrons. The van der Waals surface area contributed by atoms with E-state index >= 15 is 0 Å². The molecular weight excluding hydrogens is 238 g/mol. The Kier molecular flexibility index (Phi) is 4.83. The number of hydrogen-bond donors (Lipinski definition) is 0. The van der Waals surface area contributed by atoms with Gasteiger partial charge in [-0.2, -0.15) is 0 Å². The van der Waals surface area contributed by atoms with Gasteiger partial charge in [-0.3, -0.25) is 4.79 Å². The molecule has 3 heteroatoms. The molecule has 1 aromatic carbocycles. The second-order valence-electron chi connectivity index (χ2n) is 5.38. The van der Waals surface area contributed by atoms with Crippen LogP contribution in [0.5, 0.6) is 5.75 Å². The number of aryl methyl sites for hydroxylation is 1. The molecule has 0 N–H and O–H groups in total. The van der Waals surface area contributed by atoms with Gasteiger partial charge in [-0.05, 0) is 36.8 Å². The summed E-state index contributed by atoms with van der Waals surface area (Å²) in [5.41, 5.74) is 1.11. The minimum atomic E-state index is 0.276. The van der Waals surface area contributed by atoms with Gasteiger partial charge >= 0.3 is 0 Å². The lowest BCUT2D eigenvalue weighted by Gasteiger charge is -2.30. The normalized spacial score (nSPS) is 16.4. The molecule has 0 aliphatic carbocycles. The third-order valence-electron chi connectivity index (χ3n) is 3.94. The lowest BCUT2D eigenvalue weighted by molar-refractivity contribution is -0.132. The number of rotatable bonds is 4. The lowest BCUT2D eigenvalue weighted by Crippen LogP contribution is -2.38. The van der Waals surface area contributed by atoms with Crippen LogP contribution in [-0.4, -0.2) is 31.0 Å². The zero-order chi connectivity index (χ0) is 13.7. The summed E-state index contributed by atoms with van der Waals surface area (Å²) >= 11 is 0. The van der Waals surface area contributed by atoms with Crippen molar-refractivity contribution in [1.29, 1.82) is 0 Å². The first-order valence-electron chi connectivity index (χ1n) is 7.10. The molecular formula is C16H23NO2. The Morgan fingerprint density at radius 2 is 2.00 bits per heavy atom. The van der Waals surface area contributed by atoms with Crippen molar-refractivity contribution < 1.29 is 9.53 Å². The summed E-state index contributed by atoms with van der Waals surface area (Å²) in [5.74, 6) is 1.92. The third-order valence-corrected chi connectivity index (χ3v) is 3.94. The number of carbonyl (C=O) groups excluding carboxylic acids is 1. The molecule has 0 radical (unpaired) electrons. The molecule has 1 amide bonds. The number of amides is 1. The molecule has 0 saturated carbocycles. The van der Waals surface area contributed by atoms with Gasteiger partial charge in [0, 0.05) is 19.5 Å². The van der Waals surface area contributed by atoms with E-state index in [2.05, 4.69) is 6.92 Å². The third kappa shape index (κ3) is 3.72. The van der Waals surface area contributed by atoms with Gasteiger partial charge in [0.2, 0.25) is 5.91 Å². The van der Waals surface area contributed by atoms with Crippen LogP contribution in [0.25, 0.3) is 0 Å². The molecule has 3 nitrogen and oxygen atoms in total. The summed E-state index contributed by atoms with van der Waals surface area (Å²) in [6.07, 6.45) is 3.62. The molecule has 1 saturated heterocycles. The molecule has 19 heavy (non-hydrogen) atoms. The number of hydrogen-bond acceptors (Lipinski definition) is 2. The number of methoxy groups -OCH3 is 1. The Bertz CT molecular complexity index is 423. The van der Waals surface area contributed by atoms with Crippen LogP contribution in [-0.2, 0) is 11.2 Å². The first-order valence-corrected chi connectivity index (χ1v) is 7.10. The fourth-order valence-electron chi connectivity index (χ4n) is 2.57. The highest BCUT2D eigenvalue weighted by molar-refractivity contribution is 5.76. The first kappa shape index (κ1) is 13.9. The summed E-state index contributed by atoms with van der Waals surface area (Å²) < 4.78 is 5.31. The van der Waals surface area contributed by atoms with Crippen molar-refractivity contribution in [2.24, 2.45) is 5.92 Å². The van der Waals surface area contributed by atoms with E-state index in [0.29, 0.717) is 6.42 Å². The van der Waals surface area contributed by atoms with E-state index in [9.17, 15) is 4.79 Å². The predicted molar refractivity (Wildman–Crippen MR) is 76.3 cm³/mol. The van der Waals surface area contributed by atoms with Crippen molar-refractivity contribution in [3.63, 3.8) is 0 Å². The number of ether oxygens (including phenoxy) is 1. The summed E-state index contributed by atoms with van der Waals surface area (Å²) in [4.78, 5) is 14.2. The molecule has 0 atom stereocenters. The number of carbonyl (C=O) groups is 1. The topological polar surface area (TPSA) is 29.5 Å². The maximum Gasteiger partial charge on any atom is 0.222 e. The van der Waals surface area contributed by atoms with E-state index < -0.39 is 0 Å². The Morgan fingerprint density at radius 3 is 2.68 bits per heavy atom. The highest BCUT2D eigenvalue weighted by Gasteiger charge is 2.20. The van der Waals surface area contributed by atoms with Crippen LogP contribution in [0.4, 0.5) is 0 Å². The monoisotopic (exact) mass is 261 g/mol. The van der Waals surface area contributed by atoms with Crippen molar-refractivity contribution in [2.75, 3.05) is 20.2 Å². The average molecular weight is 261 g/mol. The fraction of sp³-hybridized carbons (Fsp3) is 0.562. The summed E-state index contributed by atoms with van der Waals surface area (Å²) in [6.45, 7) is 4.11. The SMILES string of the molecule is COc1ccccc1CCC(=O)N1CCC(C)CC1. The Morgan fingerprint density at radius 1 is 1.32 bits per heavy atom. The zero-order valence-electron chi connectivity index (χ0n) is 11.9. The van der Waals surface area contributed by atoms with Gasteiger partial charge in [0.25, 0.3) is 0 Å². The highest BCUT2D eigenvalue weighted by atomic mass is 16.5. The quantitative estimate of drug-likeness (QED) is 0.834. The summed E-state index contributed by atoms with van der Waals surface area (Å²) in [6, 6.07) is 7.92. The van der Waals surface area contributed by atoms with E-state index in [1.165, 1.54) is 0 Å². The Labute approximate surface area is 115 Å². The number of likely N-dealkylation sites (tertiary alicyclic amines) is 1. The van der Waals surface area contributed by atoms with Crippen molar-refractivity contribution in [3.05, 3.63) is 29.8 Å². The van der Waals surface area contributed by atoms with Crippen molar-refractivity contribution >= 4 is 5.91 Å². The predicted octanol–water partition coefficient (Wildman–Crippen LogP) is 2.89. The first-order chi connectivity index (χ1) is 9.20. The largest absolute Gasteiger partial charge is 0.496 e. The molecule has 0 aromatic heterocycles. The molecule has 0 spiro atoms. The number of para-hydroxylation sites is 1. The highest BCUT2D eigenvalue weighted by Crippen LogP contribution is 2.21. The molecule has 1 aliphatic rings. The lowest BCUT2D eigenvalue weighted by atomic mass is 9.98. The van der Waals surface area contributed by atoms with Crippen molar-refractivity contribution in [1.82, 2.24) is 4.90 Å². The van der Waals surface area contributed by atoms with Gasteiger partial charge in [0.15, 0.2) is 0 Å². The van der Waals surface area contributed by atoms with Gasteiger partial charge in [-0.25, -0.2) is 0 Å². The van der Waals surface area contributed by atoms with Crippen LogP contribution >= 0.6 is 0 Å². The van der Waals surface area contributed by atoms with Gasteiger partial charge in [-0.15, -0.1) is 0 Å². The van der Waals surface area contributed by atoms with Crippen LogP contribution in [0.15, 0.2) is 24.3 Å². The average Bonchev–Trinajstić information content (AvgIpc) is 2.45. The molecule has 0 bridgehead atoms. The second-order valence-corrected chi connectivity index (χ2v) is 5.38. The molecule has 2 rings (SSSR count). The van der Waals surface area contributed by atoms with E-state index in [-0.39, 0.29) is 5.91 Å². The van der Waals surface area contributed by atoms with Gasteiger partial charge in [-0.1, -0.05) is 25.1 Å². The molecule has 1 aliphatic heterocycles. The maximum absolute atomic E-state index is 12.2. The molecule has 1 fully saturated rings. The number of benzene rings is 1. The van der Waals surface area contributed by atoms with Gasteiger partial charge in [0.1, 0.15) is 5.75 Å². The van der Waals surface area contributed by atoms with E-state index in [1.54, 1.807) is 7.11 Å². The van der Waals surface area contributed by atoms with Gasteiger partial charge < -0.3 is 9.64 Å². The maximum atomic E-state index is 12.2. The van der Waals surface area contributed by atoms with Crippen LogP contribution in [0, 0.1) is 5.92 Å². The summed E-state index contributed by atoms with van der Waals surface area (Å²) in [5, 5.41) is 0. The van der Waals surface area contributed by atoms with Crippen LogP contribution in [0.1, 0.15) is 31.7 Å². The molecule has 1 heterocycles. The molecule has 1 aromatic rings. The van der Waals surface area contributed by atoms with E-state index in [1.807, 2.05) is 29.2 Å². The number of piperidine rings is 1. The van der Waals surface area contributed by atoms with Crippen molar-refractivity contribution in [3.8, 4) is 5.75 Å². The standard InChI is InChI=1S/C16H23NO2/c1-13-9-11-17(12-10-13)16(18)8-7-14-5-3-4-6-15(14)19-2/h3-6,13H,7-12H2,1-2H3. The van der Waals surface area contributed by atoms with Crippen LogP contribution in [0.2, 0.25) is 0 Å². The molecule has 0 unspecified atom stereocenters. The smallest absolute Gasteiger partial charge is 0.222 e. The van der Waals surface area contributed by atoms with E-state index in [4.69, 9.17) is 4.74 Å². The Hall–Kier alpha value is -1.51. The fourth-order valence-corrected chi connectivity index (χ4v) is 2.57. The minimum absolute atomic E-state index is 0.276. The Balaban J connectivity index is 1.86.